The largest absolute Gasteiger partial charge is 0.269 e. The highest BCUT2D eigenvalue weighted by Gasteiger charge is 2.21. The third-order valence-corrected chi connectivity index (χ3v) is 6.16. The van der Waals surface area contributed by atoms with Crippen molar-refractivity contribution in [1.29, 1.82) is 0 Å². The molecule has 0 heterocycles. The molecule has 0 spiro atoms. The molecule has 20 heavy (non-hydrogen) atoms. The molecule has 0 bridgehead atoms. The first kappa shape index (κ1) is 15.3. The number of rotatable bonds is 3. The van der Waals surface area contributed by atoms with Crippen LogP contribution in [0.5, 0.6) is 0 Å². The Morgan fingerprint density at radius 2 is 1.60 bits per heavy atom. The van der Waals surface area contributed by atoms with E-state index in [-0.39, 0.29) is 0 Å². The molecule has 2 aromatic carbocycles. The van der Waals surface area contributed by atoms with E-state index in [9.17, 15) is 8.42 Å². The predicted molar refractivity (Wildman–Crippen MR) is 90.7 cm³/mol. The maximum absolute atomic E-state index is 12.6. The number of aryl methyl sites for hydroxylation is 2. The lowest BCUT2D eigenvalue weighted by Crippen LogP contribution is -2.26. The normalized spacial score (nSPS) is 11.4. The van der Waals surface area contributed by atoms with Crippen LogP contribution >= 0.6 is 22.6 Å². The van der Waals surface area contributed by atoms with Gasteiger partial charge in [0.05, 0.1) is 10.6 Å². The topological polar surface area (TPSA) is 37.4 Å². The van der Waals surface area contributed by atoms with E-state index in [1.54, 1.807) is 31.3 Å². The first-order valence-corrected chi connectivity index (χ1v) is 8.66. The van der Waals surface area contributed by atoms with Crippen molar-refractivity contribution in [3.8, 4) is 0 Å². The number of halogens is 1. The molecule has 0 N–H and O–H groups in total. The van der Waals surface area contributed by atoms with E-state index in [0.717, 1.165) is 14.7 Å². The number of anilines is 1. The maximum atomic E-state index is 12.6. The van der Waals surface area contributed by atoms with E-state index in [4.69, 9.17) is 0 Å². The summed E-state index contributed by atoms with van der Waals surface area (Å²) in [6.45, 7) is 3.93. The van der Waals surface area contributed by atoms with Gasteiger partial charge >= 0.3 is 0 Å². The third kappa shape index (κ3) is 2.98. The maximum Gasteiger partial charge on any atom is 0.264 e. The van der Waals surface area contributed by atoms with Crippen LogP contribution in [0.15, 0.2) is 47.4 Å². The zero-order valence-electron chi connectivity index (χ0n) is 11.6. The summed E-state index contributed by atoms with van der Waals surface area (Å²) in [5.41, 5.74) is 2.84. The second kappa shape index (κ2) is 5.73. The second-order valence-corrected chi connectivity index (χ2v) is 7.85. The van der Waals surface area contributed by atoms with Crippen LogP contribution in [-0.2, 0) is 10.0 Å². The van der Waals surface area contributed by atoms with Gasteiger partial charge in [0, 0.05) is 10.6 Å². The lowest BCUT2D eigenvalue weighted by atomic mass is 10.2. The van der Waals surface area contributed by atoms with Crippen molar-refractivity contribution in [1.82, 2.24) is 0 Å². The number of hydrogen-bond acceptors (Lipinski definition) is 2. The third-order valence-electron chi connectivity index (χ3n) is 3.20. The van der Waals surface area contributed by atoms with Gasteiger partial charge in [-0.25, -0.2) is 8.42 Å². The van der Waals surface area contributed by atoms with E-state index in [0.29, 0.717) is 10.6 Å². The van der Waals surface area contributed by atoms with Crippen LogP contribution < -0.4 is 4.31 Å². The van der Waals surface area contributed by atoms with Crippen molar-refractivity contribution >= 4 is 38.3 Å². The Hall–Kier alpha value is -1.08. The summed E-state index contributed by atoms with van der Waals surface area (Å²) in [4.78, 5) is 0.307. The standard InChI is InChI=1S/C15H16INO2S/c1-11-4-8-14(9-5-11)20(18,19)17(3)13-7-6-12(2)15(16)10-13/h4-10H,1-3H3. The van der Waals surface area contributed by atoms with Crippen LogP contribution in [-0.4, -0.2) is 15.5 Å². The molecule has 0 aliphatic carbocycles. The molecule has 0 amide bonds. The Morgan fingerprint density at radius 3 is 2.15 bits per heavy atom. The molecule has 2 aromatic rings. The van der Waals surface area contributed by atoms with Crippen LogP contribution in [0.1, 0.15) is 11.1 Å². The fraction of sp³-hybridized carbons (Fsp3) is 0.200. The average Bonchev–Trinajstić information content (AvgIpc) is 2.41. The first-order valence-electron chi connectivity index (χ1n) is 6.14. The molecule has 0 aromatic heterocycles. The van der Waals surface area contributed by atoms with E-state index in [1.165, 1.54) is 4.31 Å². The molecule has 0 aliphatic heterocycles. The monoisotopic (exact) mass is 401 g/mol. The summed E-state index contributed by atoms with van der Waals surface area (Å²) in [5.74, 6) is 0. The lowest BCUT2D eigenvalue weighted by Gasteiger charge is -2.20. The van der Waals surface area contributed by atoms with Crippen molar-refractivity contribution < 1.29 is 8.42 Å². The highest BCUT2D eigenvalue weighted by molar-refractivity contribution is 14.1. The Kier molecular flexibility index (Phi) is 4.39. The minimum absolute atomic E-state index is 0.307. The molecule has 2 rings (SSSR count). The van der Waals surface area contributed by atoms with Gasteiger partial charge in [-0.05, 0) is 66.3 Å². The summed E-state index contributed by atoms with van der Waals surface area (Å²) >= 11 is 2.21. The highest BCUT2D eigenvalue weighted by atomic mass is 127. The van der Waals surface area contributed by atoms with Crippen molar-refractivity contribution in [3.05, 3.63) is 57.2 Å². The Morgan fingerprint density at radius 1 is 1.00 bits per heavy atom. The molecule has 3 nitrogen and oxygen atoms in total. The average molecular weight is 401 g/mol. The molecule has 0 radical (unpaired) electrons. The van der Waals surface area contributed by atoms with Crippen LogP contribution in [0.2, 0.25) is 0 Å². The predicted octanol–water partition coefficient (Wildman–Crippen LogP) is 3.73. The summed E-state index contributed by atoms with van der Waals surface area (Å²) in [7, 11) is -1.93. The Labute approximate surface area is 133 Å². The second-order valence-electron chi connectivity index (χ2n) is 4.72. The molecule has 0 fully saturated rings. The summed E-state index contributed by atoms with van der Waals surface area (Å²) in [6, 6.07) is 12.5. The molecule has 0 saturated heterocycles. The molecular weight excluding hydrogens is 385 g/mol. The minimum atomic E-state index is -3.51. The number of benzene rings is 2. The van der Waals surface area contributed by atoms with E-state index in [2.05, 4.69) is 22.6 Å². The first-order chi connectivity index (χ1) is 9.32. The van der Waals surface area contributed by atoms with Crippen molar-refractivity contribution in [2.45, 2.75) is 18.7 Å². The molecule has 106 valence electrons. The molecule has 5 heteroatoms. The number of nitrogens with zero attached hydrogens (tertiary/aromatic N) is 1. The SMILES string of the molecule is Cc1ccc(S(=O)(=O)N(C)c2ccc(C)c(I)c2)cc1. The smallest absolute Gasteiger partial charge is 0.264 e. The van der Waals surface area contributed by atoms with Crippen LogP contribution in [0.25, 0.3) is 0 Å². The van der Waals surface area contributed by atoms with Crippen LogP contribution in [0.3, 0.4) is 0 Å². The van der Waals surface area contributed by atoms with Crippen molar-refractivity contribution in [2.24, 2.45) is 0 Å². The summed E-state index contributed by atoms with van der Waals surface area (Å²) in [5, 5.41) is 0. The van der Waals surface area contributed by atoms with Gasteiger partial charge in [-0.3, -0.25) is 4.31 Å². The van der Waals surface area contributed by atoms with Crippen LogP contribution in [0.4, 0.5) is 5.69 Å². The van der Waals surface area contributed by atoms with Gasteiger partial charge in [0.25, 0.3) is 10.0 Å². The van der Waals surface area contributed by atoms with Crippen LogP contribution in [0, 0.1) is 17.4 Å². The molecule has 0 saturated carbocycles. The van der Waals surface area contributed by atoms with E-state index >= 15 is 0 Å². The van der Waals surface area contributed by atoms with Gasteiger partial charge in [0.2, 0.25) is 0 Å². The molecular formula is C15H16INO2S. The zero-order valence-corrected chi connectivity index (χ0v) is 14.6. The molecule has 0 unspecified atom stereocenters. The fourth-order valence-electron chi connectivity index (χ4n) is 1.78. The molecule has 0 atom stereocenters. The van der Waals surface area contributed by atoms with Gasteiger partial charge in [-0.15, -0.1) is 0 Å². The van der Waals surface area contributed by atoms with E-state index in [1.807, 2.05) is 32.0 Å². The van der Waals surface area contributed by atoms with Gasteiger partial charge in [-0.2, -0.15) is 0 Å². The Bertz CT molecular complexity index is 724. The van der Waals surface area contributed by atoms with Gasteiger partial charge in [0.15, 0.2) is 0 Å². The number of sulfonamides is 1. The van der Waals surface area contributed by atoms with Crippen molar-refractivity contribution in [3.63, 3.8) is 0 Å². The quantitative estimate of drug-likeness (QED) is 0.736. The van der Waals surface area contributed by atoms with Gasteiger partial charge in [0.1, 0.15) is 0 Å². The highest BCUT2D eigenvalue weighted by Crippen LogP contribution is 2.25. The van der Waals surface area contributed by atoms with Gasteiger partial charge < -0.3 is 0 Å². The lowest BCUT2D eigenvalue weighted by molar-refractivity contribution is 0.594. The molecule has 0 aliphatic rings. The summed E-state index contributed by atoms with van der Waals surface area (Å²) in [6.07, 6.45) is 0. The number of hydrogen-bond donors (Lipinski definition) is 0. The Balaban J connectivity index is 2.42. The summed E-state index contributed by atoms with van der Waals surface area (Å²) < 4.78 is 27.5. The van der Waals surface area contributed by atoms with Gasteiger partial charge in [-0.1, -0.05) is 23.8 Å². The zero-order chi connectivity index (χ0) is 14.9. The fourth-order valence-corrected chi connectivity index (χ4v) is 3.47. The van der Waals surface area contributed by atoms with Crippen molar-refractivity contribution in [2.75, 3.05) is 11.4 Å². The van der Waals surface area contributed by atoms with E-state index < -0.39 is 10.0 Å². The minimum Gasteiger partial charge on any atom is -0.269 e.